The highest BCUT2D eigenvalue weighted by molar-refractivity contribution is 7.99. The van der Waals surface area contributed by atoms with Gasteiger partial charge in [-0.3, -0.25) is 9.55 Å². The summed E-state index contributed by atoms with van der Waals surface area (Å²) >= 11 is 3.46. The van der Waals surface area contributed by atoms with Crippen molar-refractivity contribution in [1.82, 2.24) is 29.9 Å². The number of aromatic nitrogens is 6. The van der Waals surface area contributed by atoms with Crippen LogP contribution in [-0.2, 0) is 6.42 Å². The Balaban J connectivity index is 1.20. The van der Waals surface area contributed by atoms with Crippen LogP contribution in [0.2, 0.25) is 0 Å². The zero-order chi connectivity index (χ0) is 18.8. The van der Waals surface area contributed by atoms with Crippen molar-refractivity contribution in [3.8, 4) is 22.1 Å². The van der Waals surface area contributed by atoms with Crippen LogP contribution in [0.5, 0.6) is 0 Å². The van der Waals surface area contributed by atoms with Crippen LogP contribution in [0, 0.1) is 0 Å². The van der Waals surface area contributed by atoms with Gasteiger partial charge in [0.25, 0.3) is 0 Å². The zero-order valence-corrected chi connectivity index (χ0v) is 16.7. The third-order valence-corrected chi connectivity index (χ3v) is 6.39. The molecule has 9 heteroatoms. The molecule has 1 aliphatic carbocycles. The molecule has 4 heterocycles. The molecule has 0 N–H and O–H groups in total. The standard InChI is InChI=1S/C19H18N6OS2/c1-3-15(27-11-1)18-22-23-19(25(18)14-5-6-14)28-12-2-4-16-21-17(24-26-16)13-7-9-20-10-8-13/h1,3,7-11,14H,2,4-6,12H2. The Kier molecular flexibility index (Phi) is 4.92. The normalized spacial score (nSPS) is 13.9. The first-order valence-corrected chi connectivity index (χ1v) is 11.1. The van der Waals surface area contributed by atoms with Crippen LogP contribution in [0.4, 0.5) is 0 Å². The number of hydrogen-bond donors (Lipinski definition) is 0. The van der Waals surface area contributed by atoms with Gasteiger partial charge in [0.15, 0.2) is 11.0 Å². The molecule has 0 bridgehead atoms. The summed E-state index contributed by atoms with van der Waals surface area (Å²) < 4.78 is 7.68. The summed E-state index contributed by atoms with van der Waals surface area (Å²) in [7, 11) is 0. The molecule has 5 rings (SSSR count). The second-order valence-electron chi connectivity index (χ2n) is 6.58. The third-order valence-electron chi connectivity index (χ3n) is 4.49. The van der Waals surface area contributed by atoms with Crippen molar-refractivity contribution in [2.24, 2.45) is 0 Å². The molecule has 0 unspecified atom stereocenters. The number of thiophene rings is 1. The van der Waals surface area contributed by atoms with E-state index in [9.17, 15) is 0 Å². The van der Waals surface area contributed by atoms with E-state index in [2.05, 4.69) is 47.4 Å². The number of rotatable bonds is 8. The fourth-order valence-electron chi connectivity index (χ4n) is 2.97. The molecule has 0 radical (unpaired) electrons. The lowest BCUT2D eigenvalue weighted by atomic mass is 10.2. The van der Waals surface area contributed by atoms with Crippen molar-refractivity contribution in [3.05, 3.63) is 47.9 Å². The molecule has 4 aromatic rings. The van der Waals surface area contributed by atoms with Crippen LogP contribution in [-0.4, -0.2) is 35.6 Å². The minimum Gasteiger partial charge on any atom is -0.339 e. The van der Waals surface area contributed by atoms with E-state index in [4.69, 9.17) is 4.52 Å². The van der Waals surface area contributed by atoms with Crippen LogP contribution in [0.15, 0.2) is 51.7 Å². The van der Waals surface area contributed by atoms with Crippen LogP contribution in [0.1, 0.15) is 31.2 Å². The van der Waals surface area contributed by atoms with Crippen LogP contribution in [0.25, 0.3) is 22.1 Å². The minimum absolute atomic E-state index is 0.550. The minimum atomic E-state index is 0.550. The number of thioether (sulfide) groups is 1. The van der Waals surface area contributed by atoms with Crippen molar-refractivity contribution >= 4 is 23.1 Å². The van der Waals surface area contributed by atoms with Gasteiger partial charge < -0.3 is 4.52 Å². The lowest BCUT2D eigenvalue weighted by Crippen LogP contribution is -1.99. The maximum atomic E-state index is 5.37. The molecule has 0 saturated heterocycles. The van der Waals surface area contributed by atoms with Gasteiger partial charge >= 0.3 is 0 Å². The molecule has 0 spiro atoms. The highest BCUT2D eigenvalue weighted by Gasteiger charge is 2.30. The lowest BCUT2D eigenvalue weighted by Gasteiger charge is -2.07. The lowest BCUT2D eigenvalue weighted by molar-refractivity contribution is 0.378. The number of nitrogens with zero attached hydrogens (tertiary/aromatic N) is 6. The summed E-state index contributed by atoms with van der Waals surface area (Å²) in [6.45, 7) is 0. The highest BCUT2D eigenvalue weighted by atomic mass is 32.2. The predicted octanol–water partition coefficient (Wildman–Crippen LogP) is 4.51. The Labute approximate surface area is 170 Å². The monoisotopic (exact) mass is 410 g/mol. The Bertz CT molecular complexity index is 1040. The van der Waals surface area contributed by atoms with Crippen LogP contribution >= 0.6 is 23.1 Å². The van der Waals surface area contributed by atoms with E-state index in [0.717, 1.165) is 35.1 Å². The summed E-state index contributed by atoms with van der Waals surface area (Å²) in [5.41, 5.74) is 0.915. The van der Waals surface area contributed by atoms with E-state index in [1.54, 1.807) is 35.5 Å². The average molecular weight is 411 g/mol. The Morgan fingerprint density at radius 2 is 2.07 bits per heavy atom. The van der Waals surface area contributed by atoms with Crippen LogP contribution < -0.4 is 0 Å². The Morgan fingerprint density at radius 3 is 2.86 bits per heavy atom. The van der Waals surface area contributed by atoms with E-state index < -0.39 is 0 Å². The first kappa shape index (κ1) is 17.6. The van der Waals surface area contributed by atoms with Crippen molar-refractivity contribution in [3.63, 3.8) is 0 Å². The first-order valence-electron chi connectivity index (χ1n) is 9.23. The molecular formula is C19H18N6OS2. The number of aryl methyl sites for hydroxylation is 1. The van der Waals surface area contributed by atoms with Crippen molar-refractivity contribution in [2.45, 2.75) is 36.9 Å². The molecule has 0 aromatic carbocycles. The quantitative estimate of drug-likeness (QED) is 0.312. The zero-order valence-electron chi connectivity index (χ0n) is 15.1. The van der Waals surface area contributed by atoms with Crippen molar-refractivity contribution < 1.29 is 4.52 Å². The van der Waals surface area contributed by atoms with Gasteiger partial charge in [0.1, 0.15) is 0 Å². The summed E-state index contributed by atoms with van der Waals surface area (Å²) in [5, 5.41) is 16.0. The van der Waals surface area contributed by atoms with Crippen LogP contribution in [0.3, 0.4) is 0 Å². The average Bonchev–Trinajstić information content (AvgIpc) is 3.15. The van der Waals surface area contributed by atoms with E-state index in [-0.39, 0.29) is 0 Å². The van der Waals surface area contributed by atoms with Crippen molar-refractivity contribution in [2.75, 3.05) is 5.75 Å². The molecule has 0 amide bonds. The maximum Gasteiger partial charge on any atom is 0.226 e. The molecule has 0 atom stereocenters. The smallest absolute Gasteiger partial charge is 0.226 e. The number of hydrogen-bond acceptors (Lipinski definition) is 8. The maximum absolute atomic E-state index is 5.37. The van der Waals surface area contributed by atoms with Gasteiger partial charge in [-0.15, -0.1) is 21.5 Å². The Morgan fingerprint density at radius 1 is 1.18 bits per heavy atom. The third kappa shape index (κ3) is 3.72. The second kappa shape index (κ2) is 7.84. The summed E-state index contributed by atoms with van der Waals surface area (Å²) in [4.78, 5) is 9.66. The van der Waals surface area contributed by atoms with Crippen molar-refractivity contribution in [1.29, 1.82) is 0 Å². The second-order valence-corrected chi connectivity index (χ2v) is 8.59. The van der Waals surface area contributed by atoms with Gasteiger partial charge in [0.05, 0.1) is 4.88 Å². The van der Waals surface area contributed by atoms with Gasteiger partial charge in [0, 0.05) is 36.2 Å². The molecule has 1 aliphatic rings. The van der Waals surface area contributed by atoms with Gasteiger partial charge in [-0.1, -0.05) is 23.0 Å². The van der Waals surface area contributed by atoms with E-state index in [1.807, 2.05) is 12.1 Å². The summed E-state index contributed by atoms with van der Waals surface area (Å²) in [6, 6.07) is 8.47. The molecule has 28 heavy (non-hydrogen) atoms. The Hall–Kier alpha value is -2.52. The predicted molar refractivity (Wildman–Crippen MR) is 108 cm³/mol. The SMILES string of the molecule is c1csc(-c2nnc(SCCCc3nc(-c4ccncc4)no3)n2C2CC2)c1. The molecule has 0 aliphatic heterocycles. The molecular weight excluding hydrogens is 392 g/mol. The van der Waals surface area contributed by atoms with E-state index in [0.29, 0.717) is 17.8 Å². The number of pyridine rings is 1. The molecule has 4 aromatic heterocycles. The van der Waals surface area contributed by atoms with E-state index >= 15 is 0 Å². The molecule has 142 valence electrons. The summed E-state index contributed by atoms with van der Waals surface area (Å²) in [6.07, 6.45) is 7.56. The van der Waals surface area contributed by atoms with Gasteiger partial charge in [-0.05, 0) is 42.8 Å². The van der Waals surface area contributed by atoms with Gasteiger partial charge in [-0.2, -0.15) is 4.98 Å². The molecule has 7 nitrogen and oxygen atoms in total. The topological polar surface area (TPSA) is 82.5 Å². The van der Waals surface area contributed by atoms with Gasteiger partial charge in [-0.25, -0.2) is 0 Å². The fraction of sp³-hybridized carbons (Fsp3) is 0.316. The van der Waals surface area contributed by atoms with Gasteiger partial charge in [0.2, 0.25) is 11.7 Å². The fourth-order valence-corrected chi connectivity index (χ4v) is 4.62. The summed E-state index contributed by atoms with van der Waals surface area (Å²) in [5.74, 6) is 3.20. The highest BCUT2D eigenvalue weighted by Crippen LogP contribution is 2.41. The first-order chi connectivity index (χ1) is 13.9. The largest absolute Gasteiger partial charge is 0.339 e. The molecule has 1 saturated carbocycles. The molecule has 1 fully saturated rings. The van der Waals surface area contributed by atoms with E-state index in [1.165, 1.54) is 17.7 Å².